The fourth-order valence-electron chi connectivity index (χ4n) is 1.27. The normalized spacial score (nSPS) is 12.9. The first-order valence-corrected chi connectivity index (χ1v) is 4.72. The summed E-state index contributed by atoms with van der Waals surface area (Å²) in [7, 11) is 0. The fraction of sp³-hybridized carbons (Fsp3) is 0.400. The molecule has 1 rings (SSSR count). The van der Waals surface area contributed by atoms with E-state index in [0.29, 0.717) is 5.56 Å². The van der Waals surface area contributed by atoms with Gasteiger partial charge in [-0.15, -0.1) is 0 Å². The predicted molar refractivity (Wildman–Crippen MR) is 53.5 cm³/mol. The van der Waals surface area contributed by atoms with E-state index >= 15 is 0 Å². The summed E-state index contributed by atoms with van der Waals surface area (Å²) in [4.78, 5) is 0. The Balaban J connectivity index is 2.93. The summed E-state index contributed by atoms with van der Waals surface area (Å²) in [6.45, 7) is 4.71. The molecule has 0 aliphatic rings. The molecule has 0 saturated carbocycles. The summed E-state index contributed by atoms with van der Waals surface area (Å²) in [5.74, 6) is -0.322. The van der Waals surface area contributed by atoms with Crippen LogP contribution in [0, 0.1) is 5.82 Å². The van der Waals surface area contributed by atoms with Crippen LogP contribution in [0.4, 0.5) is 4.39 Å². The van der Waals surface area contributed by atoms with Gasteiger partial charge < -0.3 is 5.32 Å². The number of hydrogen-bond acceptors (Lipinski definition) is 1. The number of hydrogen-bond donors (Lipinski definition) is 1. The lowest BCUT2D eigenvalue weighted by molar-refractivity contribution is 0.541. The second-order valence-corrected chi connectivity index (χ2v) is 3.33. The molecule has 13 heavy (non-hydrogen) atoms. The Bertz CT molecular complexity index is 288. The number of benzene rings is 1. The molecule has 72 valence electrons. The molecule has 0 aliphatic heterocycles. The quantitative estimate of drug-likeness (QED) is 0.792. The lowest BCUT2D eigenvalue weighted by atomic mass is 10.1. The molecule has 0 aromatic heterocycles. The fourth-order valence-corrected chi connectivity index (χ4v) is 1.45. The minimum Gasteiger partial charge on any atom is -0.310 e. The van der Waals surface area contributed by atoms with Crippen LogP contribution in [0.25, 0.3) is 0 Å². The molecule has 0 bridgehead atoms. The Morgan fingerprint density at radius 3 is 2.85 bits per heavy atom. The molecule has 0 spiro atoms. The largest absolute Gasteiger partial charge is 0.310 e. The van der Waals surface area contributed by atoms with Crippen molar-refractivity contribution in [2.75, 3.05) is 6.54 Å². The van der Waals surface area contributed by atoms with Gasteiger partial charge in [-0.25, -0.2) is 4.39 Å². The van der Waals surface area contributed by atoms with Gasteiger partial charge in [0.1, 0.15) is 5.82 Å². The van der Waals surface area contributed by atoms with Crippen LogP contribution in [-0.2, 0) is 0 Å². The highest BCUT2D eigenvalue weighted by Gasteiger charge is 2.11. The van der Waals surface area contributed by atoms with Crippen LogP contribution >= 0.6 is 11.6 Å². The zero-order valence-electron chi connectivity index (χ0n) is 7.77. The molecule has 0 saturated heterocycles. The third-order valence-corrected chi connectivity index (χ3v) is 2.25. The summed E-state index contributed by atoms with van der Waals surface area (Å²) < 4.78 is 13.4. The SMILES string of the molecule is CCN[C@@H](C)c1cccc(Cl)c1F. The first-order chi connectivity index (χ1) is 6.16. The van der Waals surface area contributed by atoms with Gasteiger partial charge in [-0.1, -0.05) is 30.7 Å². The van der Waals surface area contributed by atoms with Crippen molar-refractivity contribution in [2.45, 2.75) is 19.9 Å². The van der Waals surface area contributed by atoms with Gasteiger partial charge >= 0.3 is 0 Å². The Morgan fingerprint density at radius 2 is 2.23 bits per heavy atom. The molecule has 1 aromatic carbocycles. The van der Waals surface area contributed by atoms with Gasteiger partial charge in [0.25, 0.3) is 0 Å². The van der Waals surface area contributed by atoms with E-state index in [0.717, 1.165) is 6.54 Å². The minimum absolute atomic E-state index is 0.00343. The van der Waals surface area contributed by atoms with Crippen molar-refractivity contribution in [3.8, 4) is 0 Å². The summed E-state index contributed by atoms with van der Waals surface area (Å²) in [5, 5.41) is 3.31. The van der Waals surface area contributed by atoms with Crippen molar-refractivity contribution < 1.29 is 4.39 Å². The molecule has 3 heteroatoms. The van der Waals surface area contributed by atoms with E-state index in [9.17, 15) is 4.39 Å². The number of nitrogens with one attached hydrogen (secondary N) is 1. The van der Waals surface area contributed by atoms with E-state index in [2.05, 4.69) is 5.32 Å². The van der Waals surface area contributed by atoms with Crippen LogP contribution in [0.1, 0.15) is 25.5 Å². The third-order valence-electron chi connectivity index (χ3n) is 1.96. The van der Waals surface area contributed by atoms with E-state index in [1.54, 1.807) is 18.2 Å². The molecule has 1 aromatic rings. The lowest BCUT2D eigenvalue weighted by Gasteiger charge is -2.13. The van der Waals surface area contributed by atoms with E-state index in [-0.39, 0.29) is 16.9 Å². The smallest absolute Gasteiger partial charge is 0.146 e. The Labute approximate surface area is 82.9 Å². The summed E-state index contributed by atoms with van der Waals surface area (Å²) in [6.07, 6.45) is 0. The summed E-state index contributed by atoms with van der Waals surface area (Å²) in [6, 6.07) is 5.06. The van der Waals surface area contributed by atoms with Crippen LogP contribution in [0.3, 0.4) is 0 Å². The topological polar surface area (TPSA) is 12.0 Å². The highest BCUT2D eigenvalue weighted by Crippen LogP contribution is 2.22. The Kier molecular flexibility index (Phi) is 3.70. The zero-order chi connectivity index (χ0) is 9.84. The zero-order valence-corrected chi connectivity index (χ0v) is 8.53. The van der Waals surface area contributed by atoms with Gasteiger partial charge in [-0.2, -0.15) is 0 Å². The second-order valence-electron chi connectivity index (χ2n) is 2.92. The predicted octanol–water partition coefficient (Wildman–Crippen LogP) is 3.15. The molecule has 0 heterocycles. The van der Waals surface area contributed by atoms with Gasteiger partial charge in [-0.3, -0.25) is 0 Å². The molecular formula is C10H13ClFN. The highest BCUT2D eigenvalue weighted by atomic mass is 35.5. The molecule has 1 atom stereocenters. The summed E-state index contributed by atoms with van der Waals surface area (Å²) in [5.41, 5.74) is 0.620. The maximum atomic E-state index is 13.4. The molecule has 0 unspecified atom stereocenters. The van der Waals surface area contributed by atoms with Crippen LogP contribution in [0.2, 0.25) is 5.02 Å². The highest BCUT2D eigenvalue weighted by molar-refractivity contribution is 6.30. The standard InChI is InChI=1S/C10H13ClFN/c1-3-13-7(2)8-5-4-6-9(11)10(8)12/h4-7,13H,3H2,1-2H3/t7-/m0/s1. The minimum atomic E-state index is -0.322. The van der Waals surface area contributed by atoms with Gasteiger partial charge in [0.2, 0.25) is 0 Å². The Morgan fingerprint density at radius 1 is 1.54 bits per heavy atom. The van der Waals surface area contributed by atoms with Gasteiger partial charge in [-0.05, 0) is 19.5 Å². The van der Waals surface area contributed by atoms with Crippen molar-refractivity contribution in [3.63, 3.8) is 0 Å². The maximum Gasteiger partial charge on any atom is 0.146 e. The molecule has 1 nitrogen and oxygen atoms in total. The second kappa shape index (κ2) is 4.58. The number of rotatable bonds is 3. The first-order valence-electron chi connectivity index (χ1n) is 4.34. The van der Waals surface area contributed by atoms with Crippen LogP contribution in [0.5, 0.6) is 0 Å². The van der Waals surface area contributed by atoms with Gasteiger partial charge in [0.15, 0.2) is 0 Å². The lowest BCUT2D eigenvalue weighted by Crippen LogP contribution is -2.18. The molecule has 1 N–H and O–H groups in total. The monoisotopic (exact) mass is 201 g/mol. The summed E-state index contributed by atoms with van der Waals surface area (Å²) >= 11 is 5.66. The third kappa shape index (κ3) is 2.42. The molecular weight excluding hydrogens is 189 g/mol. The van der Waals surface area contributed by atoms with E-state index in [4.69, 9.17) is 11.6 Å². The van der Waals surface area contributed by atoms with E-state index in [1.165, 1.54) is 0 Å². The van der Waals surface area contributed by atoms with Crippen molar-refractivity contribution in [3.05, 3.63) is 34.6 Å². The first kappa shape index (κ1) is 10.5. The van der Waals surface area contributed by atoms with Gasteiger partial charge in [0.05, 0.1) is 5.02 Å². The van der Waals surface area contributed by atoms with E-state index in [1.807, 2.05) is 13.8 Å². The number of halogens is 2. The van der Waals surface area contributed by atoms with Crippen molar-refractivity contribution >= 4 is 11.6 Å². The van der Waals surface area contributed by atoms with Crippen molar-refractivity contribution in [1.82, 2.24) is 5.32 Å². The van der Waals surface area contributed by atoms with Crippen LogP contribution in [-0.4, -0.2) is 6.54 Å². The molecule has 0 amide bonds. The Hall–Kier alpha value is -0.600. The molecule has 0 radical (unpaired) electrons. The molecule has 0 aliphatic carbocycles. The maximum absolute atomic E-state index is 13.4. The van der Waals surface area contributed by atoms with Crippen molar-refractivity contribution in [1.29, 1.82) is 0 Å². The van der Waals surface area contributed by atoms with Crippen LogP contribution in [0.15, 0.2) is 18.2 Å². The van der Waals surface area contributed by atoms with E-state index < -0.39 is 0 Å². The molecule has 0 fully saturated rings. The van der Waals surface area contributed by atoms with Gasteiger partial charge in [0, 0.05) is 11.6 Å². The van der Waals surface area contributed by atoms with Crippen molar-refractivity contribution in [2.24, 2.45) is 0 Å². The average molecular weight is 202 g/mol. The van der Waals surface area contributed by atoms with Crippen LogP contribution < -0.4 is 5.32 Å². The average Bonchev–Trinajstić information content (AvgIpc) is 2.10.